The fraction of sp³-hybridized carbons (Fsp3) is 0.167. The van der Waals surface area contributed by atoms with Crippen molar-refractivity contribution in [3.63, 3.8) is 0 Å². The van der Waals surface area contributed by atoms with Crippen molar-refractivity contribution in [3.05, 3.63) is 53.9 Å². The highest BCUT2D eigenvalue weighted by molar-refractivity contribution is 7.58. The van der Waals surface area contributed by atoms with Gasteiger partial charge in [-0.3, -0.25) is 0 Å². The molecular formula is C12H10F2OP+. The molecule has 0 aromatic heterocycles. The van der Waals surface area contributed by atoms with Gasteiger partial charge in [-0.2, -0.15) is 0 Å². The Morgan fingerprint density at radius 2 is 1.88 bits per heavy atom. The van der Waals surface area contributed by atoms with Gasteiger partial charge in [0.05, 0.1) is 0 Å². The Kier molecular flexibility index (Phi) is 2.97. The van der Waals surface area contributed by atoms with Crippen molar-refractivity contribution in [2.75, 3.05) is 0 Å². The Morgan fingerprint density at radius 3 is 2.44 bits per heavy atom. The van der Waals surface area contributed by atoms with E-state index in [4.69, 9.17) is 0 Å². The van der Waals surface area contributed by atoms with Gasteiger partial charge in [0.2, 0.25) is 0 Å². The van der Waals surface area contributed by atoms with E-state index < -0.39 is 13.7 Å². The zero-order valence-corrected chi connectivity index (χ0v) is 9.33. The van der Waals surface area contributed by atoms with E-state index in [0.29, 0.717) is 10.6 Å². The molecule has 0 spiro atoms. The van der Waals surface area contributed by atoms with Gasteiger partial charge >= 0.3 is 7.80 Å². The molecule has 1 nitrogen and oxygen atoms in total. The van der Waals surface area contributed by atoms with Crippen LogP contribution in [0.4, 0.5) is 8.78 Å². The number of hydrogen-bond donors (Lipinski definition) is 0. The highest BCUT2D eigenvalue weighted by Crippen LogP contribution is 2.38. The van der Waals surface area contributed by atoms with Crippen molar-refractivity contribution in [2.45, 2.75) is 12.3 Å². The van der Waals surface area contributed by atoms with Crippen molar-refractivity contribution in [1.29, 1.82) is 0 Å². The molecule has 0 saturated heterocycles. The van der Waals surface area contributed by atoms with Crippen LogP contribution in [0.3, 0.4) is 0 Å². The lowest BCUT2D eigenvalue weighted by Crippen LogP contribution is -2.13. The summed E-state index contributed by atoms with van der Waals surface area (Å²) in [4.78, 5) is 0. The normalized spacial score (nSPS) is 19.1. The van der Waals surface area contributed by atoms with Crippen LogP contribution in [0.5, 0.6) is 0 Å². The standard InChI is InChI=1S/C12H10F2OP/c13-12(14)8-6-11(7-9-12)16(15)10-4-2-1-3-5-10/h1-8H,9H2/q+1. The topological polar surface area (TPSA) is 17.1 Å². The van der Waals surface area contributed by atoms with Gasteiger partial charge in [0, 0.05) is 6.42 Å². The summed E-state index contributed by atoms with van der Waals surface area (Å²) in [5.41, 5.74) is 0. The Labute approximate surface area is 93.3 Å². The smallest absolute Gasteiger partial charge is 0.202 e. The maximum atomic E-state index is 12.8. The average Bonchev–Trinajstić information content (AvgIpc) is 2.29. The lowest BCUT2D eigenvalue weighted by atomic mass is 10.1. The summed E-state index contributed by atoms with van der Waals surface area (Å²) in [5.74, 6) is -2.80. The molecular weight excluding hydrogens is 229 g/mol. The maximum absolute atomic E-state index is 12.8. The molecule has 1 atom stereocenters. The Balaban J connectivity index is 2.20. The Bertz CT molecular complexity index is 463. The molecule has 0 bridgehead atoms. The van der Waals surface area contributed by atoms with Crippen LogP contribution >= 0.6 is 7.80 Å². The fourth-order valence-electron chi connectivity index (χ4n) is 1.45. The quantitative estimate of drug-likeness (QED) is 0.720. The van der Waals surface area contributed by atoms with E-state index in [2.05, 4.69) is 0 Å². The summed E-state index contributed by atoms with van der Waals surface area (Å²) in [5, 5.41) is 1.14. The van der Waals surface area contributed by atoms with Gasteiger partial charge in [-0.15, -0.1) is 0 Å². The largest absolute Gasteiger partial charge is 0.414 e. The van der Waals surface area contributed by atoms with Crippen LogP contribution < -0.4 is 5.30 Å². The van der Waals surface area contributed by atoms with Crippen LogP contribution in [-0.2, 0) is 4.57 Å². The first-order chi connectivity index (χ1) is 7.58. The first kappa shape index (κ1) is 11.2. The number of hydrogen-bond acceptors (Lipinski definition) is 1. The molecule has 1 unspecified atom stereocenters. The molecule has 0 saturated carbocycles. The molecule has 0 amide bonds. The second kappa shape index (κ2) is 4.26. The first-order valence-electron chi connectivity index (χ1n) is 4.88. The lowest BCUT2D eigenvalue weighted by molar-refractivity contribution is 0.0574. The molecule has 1 aliphatic carbocycles. The van der Waals surface area contributed by atoms with Crippen molar-refractivity contribution in [1.82, 2.24) is 0 Å². The minimum Gasteiger partial charge on any atom is -0.202 e. The van der Waals surface area contributed by atoms with Crippen molar-refractivity contribution in [2.24, 2.45) is 0 Å². The highest BCUT2D eigenvalue weighted by atomic mass is 31.1. The van der Waals surface area contributed by atoms with Gasteiger partial charge in [0.1, 0.15) is 0 Å². The molecule has 1 aromatic carbocycles. The number of halogens is 2. The summed E-state index contributed by atoms with van der Waals surface area (Å²) in [7, 11) is -1.74. The summed E-state index contributed by atoms with van der Waals surface area (Å²) in [6.07, 6.45) is 3.06. The summed E-state index contributed by atoms with van der Waals surface area (Å²) in [6.45, 7) is 0. The van der Waals surface area contributed by atoms with E-state index in [9.17, 15) is 13.3 Å². The zero-order chi connectivity index (χ0) is 11.6. The molecule has 0 radical (unpaired) electrons. The highest BCUT2D eigenvalue weighted by Gasteiger charge is 2.33. The van der Waals surface area contributed by atoms with Gasteiger partial charge < -0.3 is 0 Å². The van der Waals surface area contributed by atoms with Crippen LogP contribution in [0.1, 0.15) is 6.42 Å². The molecule has 1 aliphatic rings. The second-order valence-electron chi connectivity index (χ2n) is 3.56. The molecule has 1 aromatic rings. The summed E-state index contributed by atoms with van der Waals surface area (Å²) < 4.78 is 37.6. The van der Waals surface area contributed by atoms with Gasteiger partial charge in [0.15, 0.2) is 10.6 Å². The third kappa shape index (κ3) is 2.42. The Hall–Kier alpha value is -1.34. The van der Waals surface area contributed by atoms with E-state index >= 15 is 0 Å². The average molecular weight is 239 g/mol. The first-order valence-corrected chi connectivity index (χ1v) is 6.14. The molecule has 82 valence electrons. The number of allylic oxidation sites excluding steroid dienone is 4. The van der Waals surface area contributed by atoms with Gasteiger partial charge in [-0.05, 0) is 30.4 Å². The number of alkyl halides is 2. The van der Waals surface area contributed by atoms with Crippen LogP contribution in [0.2, 0.25) is 0 Å². The van der Waals surface area contributed by atoms with E-state index in [-0.39, 0.29) is 6.42 Å². The molecule has 16 heavy (non-hydrogen) atoms. The molecule has 0 aliphatic heterocycles. The van der Waals surface area contributed by atoms with E-state index in [1.54, 1.807) is 24.3 Å². The molecule has 0 fully saturated rings. The predicted octanol–water partition coefficient (Wildman–Crippen LogP) is 3.62. The molecule has 0 N–H and O–H groups in total. The SMILES string of the molecule is O=[P+](C1=CCC(F)(F)C=C1)c1ccccc1. The third-order valence-corrected chi connectivity index (χ3v) is 3.87. The second-order valence-corrected chi connectivity index (χ2v) is 5.18. The summed E-state index contributed by atoms with van der Waals surface area (Å²) >= 11 is 0. The van der Waals surface area contributed by atoms with Crippen LogP contribution in [-0.4, -0.2) is 5.92 Å². The van der Waals surface area contributed by atoms with E-state index in [1.165, 1.54) is 12.2 Å². The molecule has 4 heteroatoms. The monoisotopic (exact) mass is 239 g/mol. The maximum Gasteiger partial charge on any atom is 0.414 e. The van der Waals surface area contributed by atoms with Gasteiger partial charge in [0.25, 0.3) is 5.92 Å². The molecule has 0 heterocycles. The van der Waals surface area contributed by atoms with Crippen molar-refractivity contribution >= 4 is 13.1 Å². The van der Waals surface area contributed by atoms with Gasteiger partial charge in [-0.25, -0.2) is 8.78 Å². The minimum atomic E-state index is -2.80. The van der Waals surface area contributed by atoms with Gasteiger partial charge in [-0.1, -0.05) is 22.8 Å². The van der Waals surface area contributed by atoms with Crippen LogP contribution in [0.15, 0.2) is 53.9 Å². The Morgan fingerprint density at radius 1 is 1.19 bits per heavy atom. The number of rotatable bonds is 2. The van der Waals surface area contributed by atoms with Crippen LogP contribution in [0.25, 0.3) is 0 Å². The van der Waals surface area contributed by atoms with E-state index in [0.717, 1.165) is 6.08 Å². The number of benzene rings is 1. The van der Waals surface area contributed by atoms with Crippen molar-refractivity contribution in [3.8, 4) is 0 Å². The predicted molar refractivity (Wildman–Crippen MR) is 60.5 cm³/mol. The third-order valence-electron chi connectivity index (χ3n) is 2.31. The van der Waals surface area contributed by atoms with Crippen LogP contribution in [0, 0.1) is 0 Å². The summed E-state index contributed by atoms with van der Waals surface area (Å²) in [6, 6.07) is 8.86. The zero-order valence-electron chi connectivity index (χ0n) is 8.44. The van der Waals surface area contributed by atoms with Crippen molar-refractivity contribution < 1.29 is 13.3 Å². The molecule has 2 rings (SSSR count). The van der Waals surface area contributed by atoms with E-state index in [1.807, 2.05) is 6.07 Å². The lowest BCUT2D eigenvalue weighted by Gasteiger charge is -2.10. The minimum absolute atomic E-state index is 0.368. The fourth-order valence-corrected chi connectivity index (χ4v) is 2.66.